The van der Waals surface area contributed by atoms with Crippen LogP contribution in [0.2, 0.25) is 0 Å². The number of hydrogen-bond donors (Lipinski definition) is 13. The number of carbonyl (C=O) groups is 1. The Hall–Kier alpha value is -5.51. The zero-order valence-electron chi connectivity index (χ0n) is 34.9. The van der Waals surface area contributed by atoms with Gasteiger partial charge < -0.3 is 109 Å². The first-order chi connectivity index (χ1) is 31.4. The molecule has 16 unspecified atom stereocenters. The van der Waals surface area contributed by atoms with Crippen LogP contribution in [0.3, 0.4) is 0 Å². The first-order valence-electron chi connectivity index (χ1n) is 20.4. The summed E-state index contributed by atoms with van der Waals surface area (Å²) in [4.78, 5) is 12.6. The minimum absolute atomic E-state index is 0.0241. The van der Waals surface area contributed by atoms with Gasteiger partial charge in [-0.25, -0.2) is 4.79 Å². The van der Waals surface area contributed by atoms with E-state index in [-0.39, 0.29) is 39.9 Å². The molecule has 0 saturated carbocycles. The molecule has 66 heavy (non-hydrogen) atoms. The lowest BCUT2D eigenvalue weighted by Crippen LogP contribution is -2.61. The summed E-state index contributed by atoms with van der Waals surface area (Å²) < 4.78 is 51.5. The van der Waals surface area contributed by atoms with E-state index in [1.165, 1.54) is 44.4 Å². The molecule has 3 aromatic rings. The van der Waals surface area contributed by atoms with E-state index in [0.717, 1.165) is 24.3 Å². The molecule has 0 spiro atoms. The fraction of sp³-hybridized carbons (Fsp3) is 0.465. The predicted octanol–water partition coefficient (Wildman–Crippen LogP) is -1.90. The molecule has 4 heterocycles. The molecule has 23 nitrogen and oxygen atoms in total. The highest BCUT2D eigenvalue weighted by Crippen LogP contribution is 2.48. The van der Waals surface area contributed by atoms with E-state index < -0.39 is 135 Å². The quantitative estimate of drug-likeness (QED) is 0.0506. The number of carbonyl (C=O) groups excluding carboxylic acids is 1. The fourth-order valence-electron chi connectivity index (χ4n) is 7.57. The molecule has 7 rings (SSSR count). The van der Waals surface area contributed by atoms with E-state index in [9.17, 15) is 71.2 Å². The number of rotatable bonds is 13. The highest BCUT2D eigenvalue weighted by Gasteiger charge is 2.50. The van der Waals surface area contributed by atoms with Crippen LogP contribution in [0.5, 0.6) is 40.2 Å². The number of aliphatic hydroxyl groups excluding tert-OH is 9. The second-order valence-electron chi connectivity index (χ2n) is 15.8. The number of ether oxygens (including phenoxy) is 9. The Balaban J connectivity index is 1.11. The maximum Gasteiger partial charge on any atom is 0.331 e. The van der Waals surface area contributed by atoms with Crippen LogP contribution >= 0.6 is 0 Å². The lowest BCUT2D eigenvalue weighted by atomic mass is 9.97. The van der Waals surface area contributed by atoms with E-state index >= 15 is 0 Å². The van der Waals surface area contributed by atoms with Gasteiger partial charge in [0, 0.05) is 23.8 Å². The van der Waals surface area contributed by atoms with Gasteiger partial charge in [-0.1, -0.05) is 12.1 Å². The Morgan fingerprint density at radius 3 is 2.00 bits per heavy atom. The Morgan fingerprint density at radius 1 is 0.697 bits per heavy atom. The lowest BCUT2D eigenvalue weighted by molar-refractivity contribution is -0.325. The largest absolute Gasteiger partial charge is 0.508 e. The van der Waals surface area contributed by atoms with E-state index in [2.05, 4.69) is 0 Å². The summed E-state index contributed by atoms with van der Waals surface area (Å²) in [6, 6.07) is 10.5. The minimum Gasteiger partial charge on any atom is -0.508 e. The van der Waals surface area contributed by atoms with Crippen molar-refractivity contribution in [2.24, 2.45) is 0 Å². The van der Waals surface area contributed by atoms with Crippen LogP contribution < -0.4 is 14.2 Å². The topological polar surface area (TPSA) is 363 Å². The molecule has 0 aliphatic carbocycles. The van der Waals surface area contributed by atoms with Crippen molar-refractivity contribution in [3.8, 4) is 40.2 Å². The SMILES string of the molecule is COc1cc(C2Oc3cc(O)cc(OC4OC(CO)C(O)C(O)C4O)c3C=C2OC2OC(COC3OC(C)C(OC(=O)C=Cc4ccc(O)cc4)C(O)C3O)C(O)C(O)C2O)cc(O)c1O. The second kappa shape index (κ2) is 20.2. The molecule has 3 saturated heterocycles. The van der Waals surface area contributed by atoms with Crippen LogP contribution in [-0.2, 0) is 33.2 Å². The molecule has 13 N–H and O–H groups in total. The van der Waals surface area contributed by atoms with Crippen LogP contribution in [0.1, 0.15) is 29.7 Å². The van der Waals surface area contributed by atoms with E-state index in [1.807, 2.05) is 0 Å². The third-order valence-corrected chi connectivity index (χ3v) is 11.2. The van der Waals surface area contributed by atoms with Crippen molar-refractivity contribution in [3.05, 3.63) is 77.1 Å². The van der Waals surface area contributed by atoms with Crippen LogP contribution in [-0.4, -0.2) is 185 Å². The summed E-state index contributed by atoms with van der Waals surface area (Å²) in [7, 11) is 1.20. The Bertz CT molecular complexity index is 2230. The van der Waals surface area contributed by atoms with Crippen molar-refractivity contribution in [3.63, 3.8) is 0 Å². The molecule has 0 radical (unpaired) electrons. The number of aliphatic hydroxyl groups is 9. The van der Waals surface area contributed by atoms with Crippen molar-refractivity contribution in [1.29, 1.82) is 0 Å². The highest BCUT2D eigenvalue weighted by molar-refractivity contribution is 5.87. The van der Waals surface area contributed by atoms with Gasteiger partial charge in [-0.2, -0.15) is 0 Å². The number of phenolic OH excluding ortho intramolecular Hbond substituents is 4. The number of esters is 1. The average Bonchev–Trinajstić information content (AvgIpc) is 3.29. The number of hydrogen-bond acceptors (Lipinski definition) is 23. The van der Waals surface area contributed by atoms with Crippen LogP contribution in [0.25, 0.3) is 12.2 Å². The normalized spacial score (nSPS) is 34.4. The van der Waals surface area contributed by atoms with Crippen molar-refractivity contribution in [1.82, 2.24) is 0 Å². The monoisotopic (exact) mass is 934 g/mol. The molecule has 4 aliphatic heterocycles. The number of methoxy groups -OCH3 is 1. The molecule has 0 aromatic heterocycles. The Morgan fingerprint density at radius 2 is 1.33 bits per heavy atom. The molecule has 3 aromatic carbocycles. The first-order valence-corrected chi connectivity index (χ1v) is 20.4. The number of aromatic hydroxyl groups is 4. The minimum atomic E-state index is -2.00. The summed E-state index contributed by atoms with van der Waals surface area (Å²) in [5.41, 5.74) is 0.564. The van der Waals surface area contributed by atoms with Crippen LogP contribution in [0, 0.1) is 0 Å². The average molecular weight is 935 g/mol. The molecule has 23 heteroatoms. The van der Waals surface area contributed by atoms with Gasteiger partial charge >= 0.3 is 5.97 Å². The van der Waals surface area contributed by atoms with Gasteiger partial charge in [0.05, 0.1) is 32.0 Å². The van der Waals surface area contributed by atoms with E-state index in [0.29, 0.717) is 5.56 Å². The molecule has 360 valence electrons. The number of fused-ring (bicyclic) bond motifs is 1. The summed E-state index contributed by atoms with van der Waals surface area (Å²) in [5, 5.41) is 137. The maximum atomic E-state index is 12.6. The second-order valence-corrected chi connectivity index (χ2v) is 15.8. The zero-order chi connectivity index (χ0) is 47.7. The predicted molar refractivity (Wildman–Crippen MR) is 217 cm³/mol. The molecule has 3 fully saturated rings. The van der Waals surface area contributed by atoms with Gasteiger partial charge in [0.1, 0.15) is 89.8 Å². The molecule has 0 amide bonds. The molecule has 16 atom stereocenters. The van der Waals surface area contributed by atoms with Gasteiger partial charge in [-0.15, -0.1) is 0 Å². The van der Waals surface area contributed by atoms with Crippen molar-refractivity contribution < 1.29 is 114 Å². The van der Waals surface area contributed by atoms with Crippen molar-refractivity contribution >= 4 is 18.1 Å². The van der Waals surface area contributed by atoms with Gasteiger partial charge in [-0.3, -0.25) is 0 Å². The third-order valence-electron chi connectivity index (χ3n) is 11.2. The molecule has 0 bridgehead atoms. The Kier molecular flexibility index (Phi) is 14.8. The first kappa shape index (κ1) is 48.4. The molecule has 4 aliphatic rings. The van der Waals surface area contributed by atoms with E-state index in [1.54, 1.807) is 12.1 Å². The molecular weight excluding hydrogens is 884 g/mol. The fourth-order valence-corrected chi connectivity index (χ4v) is 7.57. The smallest absolute Gasteiger partial charge is 0.331 e. The lowest BCUT2D eigenvalue weighted by Gasteiger charge is -2.43. The summed E-state index contributed by atoms with van der Waals surface area (Å²) >= 11 is 0. The summed E-state index contributed by atoms with van der Waals surface area (Å²) in [6.45, 7) is -0.0178. The molecular formula is C43H50O23. The number of benzene rings is 3. The maximum absolute atomic E-state index is 12.6. The van der Waals surface area contributed by atoms with Crippen molar-refractivity contribution in [2.75, 3.05) is 20.3 Å². The van der Waals surface area contributed by atoms with Gasteiger partial charge in [0.2, 0.25) is 18.3 Å². The standard InChI is InChI=1S/C43H50O23/c1-16-39(66-29(48)8-5-17-3-6-19(45)7-4-17)35(54)38(57)41(60-16)59-15-28-32(51)34(53)37(56)43(65-28)63-26-13-21-23(61-40(26)18-9-22(47)30(49)25(10-18)58-2)11-20(46)12-24(21)62-42-36(55)33(52)31(50)27(14-44)64-42/h3-13,16,27-28,31-47,49-57H,14-15H2,1-2H3. The van der Waals surface area contributed by atoms with Gasteiger partial charge in [0.15, 0.2) is 30.0 Å². The Labute approximate surface area is 374 Å². The highest BCUT2D eigenvalue weighted by atomic mass is 16.7. The third kappa shape index (κ3) is 10.1. The summed E-state index contributed by atoms with van der Waals surface area (Å²) in [5.74, 6) is -3.52. The van der Waals surface area contributed by atoms with Gasteiger partial charge in [0.25, 0.3) is 0 Å². The van der Waals surface area contributed by atoms with Crippen LogP contribution in [0.4, 0.5) is 0 Å². The van der Waals surface area contributed by atoms with Crippen LogP contribution in [0.15, 0.2) is 60.4 Å². The summed E-state index contributed by atoms with van der Waals surface area (Å²) in [6.07, 6.45) is -23.1. The van der Waals surface area contributed by atoms with E-state index in [4.69, 9.17) is 42.6 Å². The van der Waals surface area contributed by atoms with Crippen molar-refractivity contribution in [2.45, 2.75) is 105 Å². The zero-order valence-corrected chi connectivity index (χ0v) is 34.9. The number of phenols is 4. The van der Waals surface area contributed by atoms with Gasteiger partial charge in [-0.05, 0) is 48.9 Å².